The van der Waals surface area contributed by atoms with Gasteiger partial charge in [-0.3, -0.25) is 10.1 Å². The zero-order chi connectivity index (χ0) is 10.9. The number of benzene rings is 1. The molecule has 0 aliphatic carbocycles. The molecule has 0 bridgehead atoms. The maximum absolute atomic E-state index is 10.6. The van der Waals surface area contributed by atoms with E-state index in [0.29, 0.717) is 12.0 Å². The zero-order valence-corrected chi connectivity index (χ0v) is 8.76. The summed E-state index contributed by atoms with van der Waals surface area (Å²) in [6.45, 7) is 1.71. The van der Waals surface area contributed by atoms with Crippen molar-refractivity contribution in [3.8, 4) is 5.75 Å². The van der Waals surface area contributed by atoms with Crippen molar-refractivity contribution in [2.75, 3.05) is 0 Å². The van der Waals surface area contributed by atoms with Crippen molar-refractivity contribution in [3.63, 3.8) is 0 Å². The Morgan fingerprint density at radius 1 is 1.50 bits per heavy atom. The van der Waals surface area contributed by atoms with Gasteiger partial charge in [0.1, 0.15) is 0 Å². The molecule has 0 saturated heterocycles. The number of phenols is 1. The number of nitrogens with zero attached hydrogens (tertiary/aromatic N) is 1. The third-order valence-corrected chi connectivity index (χ3v) is 2.44. The number of nitro groups is 1. The van der Waals surface area contributed by atoms with Crippen molar-refractivity contribution < 1.29 is 10.0 Å². The molecule has 0 fully saturated rings. The van der Waals surface area contributed by atoms with E-state index in [1.165, 1.54) is 6.07 Å². The van der Waals surface area contributed by atoms with Crippen LogP contribution in [-0.4, -0.2) is 10.0 Å². The molecular weight excluding hydrogens is 229 g/mol. The monoisotopic (exact) mass is 235 g/mol. The molecule has 0 saturated carbocycles. The number of aromatic hydroxyl groups is 1. The summed E-state index contributed by atoms with van der Waals surface area (Å²) in [4.78, 5) is 9.95. The molecular formula is C8H7Cl2NO3. The quantitative estimate of drug-likeness (QED) is 0.633. The Morgan fingerprint density at radius 3 is 2.50 bits per heavy atom. The van der Waals surface area contributed by atoms with Crippen LogP contribution >= 0.6 is 23.2 Å². The first-order valence-corrected chi connectivity index (χ1v) is 4.58. The van der Waals surface area contributed by atoms with Crippen LogP contribution in [0.15, 0.2) is 6.07 Å². The fraction of sp³-hybridized carbons (Fsp3) is 0.250. The Labute approximate surface area is 90.2 Å². The second-order valence-electron chi connectivity index (χ2n) is 2.63. The summed E-state index contributed by atoms with van der Waals surface area (Å²) >= 11 is 11.3. The lowest BCUT2D eigenvalue weighted by Gasteiger charge is -2.05. The van der Waals surface area contributed by atoms with Gasteiger partial charge in [-0.05, 0) is 12.5 Å². The average molecular weight is 236 g/mol. The minimum Gasteiger partial charge on any atom is -0.501 e. The van der Waals surface area contributed by atoms with Crippen molar-refractivity contribution in [2.45, 2.75) is 13.3 Å². The first-order valence-electron chi connectivity index (χ1n) is 3.83. The van der Waals surface area contributed by atoms with Crippen molar-refractivity contribution >= 4 is 28.9 Å². The van der Waals surface area contributed by atoms with Gasteiger partial charge in [-0.1, -0.05) is 30.1 Å². The minimum absolute atomic E-state index is 0.112. The predicted octanol–water partition coefficient (Wildman–Crippen LogP) is 3.17. The molecule has 0 aliphatic heterocycles. The Morgan fingerprint density at radius 2 is 2.07 bits per heavy atom. The largest absolute Gasteiger partial charge is 0.501 e. The highest BCUT2D eigenvalue weighted by molar-refractivity contribution is 6.36. The number of halogens is 2. The van der Waals surface area contributed by atoms with Gasteiger partial charge < -0.3 is 5.11 Å². The highest BCUT2D eigenvalue weighted by Crippen LogP contribution is 2.40. The highest BCUT2D eigenvalue weighted by Gasteiger charge is 2.24. The van der Waals surface area contributed by atoms with E-state index >= 15 is 0 Å². The van der Waals surface area contributed by atoms with E-state index in [9.17, 15) is 15.2 Å². The summed E-state index contributed by atoms with van der Waals surface area (Å²) in [5, 5.41) is 20.1. The molecule has 0 heterocycles. The van der Waals surface area contributed by atoms with Crippen LogP contribution in [0, 0.1) is 10.1 Å². The van der Waals surface area contributed by atoms with Gasteiger partial charge in [-0.15, -0.1) is 0 Å². The van der Waals surface area contributed by atoms with Crippen LogP contribution in [0.3, 0.4) is 0 Å². The predicted molar refractivity (Wildman–Crippen MR) is 54.2 cm³/mol. The molecule has 1 N–H and O–H groups in total. The summed E-state index contributed by atoms with van der Waals surface area (Å²) < 4.78 is 0. The highest BCUT2D eigenvalue weighted by atomic mass is 35.5. The Balaban J connectivity index is 3.56. The average Bonchev–Trinajstić information content (AvgIpc) is 2.10. The van der Waals surface area contributed by atoms with Gasteiger partial charge in [-0.25, -0.2) is 0 Å². The summed E-state index contributed by atoms with van der Waals surface area (Å²) in [5.74, 6) is -0.530. The molecule has 76 valence electrons. The van der Waals surface area contributed by atoms with Gasteiger partial charge in [0.05, 0.1) is 20.5 Å². The third-order valence-electron chi connectivity index (χ3n) is 1.81. The van der Waals surface area contributed by atoms with Crippen LogP contribution in [0.1, 0.15) is 12.5 Å². The summed E-state index contributed by atoms with van der Waals surface area (Å²) in [6.07, 6.45) is 0.361. The van der Waals surface area contributed by atoms with Gasteiger partial charge in [0.25, 0.3) is 0 Å². The number of nitro benzene ring substituents is 1. The number of phenolic OH excluding ortho intramolecular Hbond substituents is 1. The maximum Gasteiger partial charge on any atom is 0.316 e. The first-order chi connectivity index (χ1) is 6.49. The molecule has 0 unspecified atom stereocenters. The Bertz CT molecular complexity index is 393. The molecule has 0 radical (unpaired) electrons. The van der Waals surface area contributed by atoms with Gasteiger partial charge >= 0.3 is 5.69 Å². The molecule has 14 heavy (non-hydrogen) atoms. The van der Waals surface area contributed by atoms with E-state index in [2.05, 4.69) is 0 Å². The molecule has 1 aromatic rings. The normalized spacial score (nSPS) is 10.2. The van der Waals surface area contributed by atoms with Crippen LogP contribution in [0.4, 0.5) is 5.69 Å². The van der Waals surface area contributed by atoms with Crippen molar-refractivity contribution in [3.05, 3.63) is 31.8 Å². The van der Waals surface area contributed by atoms with Gasteiger partial charge in [0, 0.05) is 0 Å². The third kappa shape index (κ3) is 1.76. The van der Waals surface area contributed by atoms with Crippen molar-refractivity contribution in [2.24, 2.45) is 0 Å². The maximum atomic E-state index is 10.6. The van der Waals surface area contributed by atoms with E-state index in [4.69, 9.17) is 23.2 Å². The second-order valence-corrected chi connectivity index (χ2v) is 3.44. The fourth-order valence-corrected chi connectivity index (χ4v) is 1.76. The van der Waals surface area contributed by atoms with E-state index in [1.54, 1.807) is 6.92 Å². The lowest BCUT2D eigenvalue weighted by Crippen LogP contribution is -1.96. The van der Waals surface area contributed by atoms with E-state index in [-0.39, 0.29) is 10.0 Å². The van der Waals surface area contributed by atoms with Crippen molar-refractivity contribution in [1.82, 2.24) is 0 Å². The second kappa shape index (κ2) is 4.02. The molecule has 1 rings (SSSR count). The smallest absolute Gasteiger partial charge is 0.316 e. The molecule has 0 spiro atoms. The van der Waals surface area contributed by atoms with Crippen LogP contribution in [0.2, 0.25) is 10.0 Å². The molecule has 6 heteroatoms. The number of hydrogen-bond acceptors (Lipinski definition) is 3. The first kappa shape index (κ1) is 11.1. The minimum atomic E-state index is -0.689. The summed E-state index contributed by atoms with van der Waals surface area (Å²) in [6, 6.07) is 1.30. The molecule has 4 nitrogen and oxygen atoms in total. The molecule has 0 atom stereocenters. The molecule has 0 aliphatic rings. The molecule has 0 amide bonds. The van der Waals surface area contributed by atoms with Crippen LogP contribution < -0.4 is 0 Å². The van der Waals surface area contributed by atoms with Crippen LogP contribution in [0.5, 0.6) is 5.75 Å². The standard InChI is InChI=1S/C8H7Cl2NO3/c1-2-4-5(9)3-6(10)8(12)7(4)11(13)14/h3,12H,2H2,1H3. The van der Waals surface area contributed by atoms with Gasteiger partial charge in [0.15, 0.2) is 0 Å². The fourth-order valence-electron chi connectivity index (χ4n) is 1.17. The van der Waals surface area contributed by atoms with Crippen LogP contribution in [-0.2, 0) is 6.42 Å². The number of hydrogen-bond donors (Lipinski definition) is 1. The topological polar surface area (TPSA) is 63.4 Å². The summed E-state index contributed by atoms with van der Waals surface area (Å²) in [7, 11) is 0. The molecule has 1 aromatic carbocycles. The SMILES string of the molecule is CCc1c(Cl)cc(Cl)c(O)c1[N+](=O)[O-]. The van der Waals surface area contributed by atoms with E-state index in [1.807, 2.05) is 0 Å². The number of rotatable bonds is 2. The Kier molecular flexibility index (Phi) is 3.18. The zero-order valence-electron chi connectivity index (χ0n) is 7.25. The van der Waals surface area contributed by atoms with Crippen molar-refractivity contribution in [1.29, 1.82) is 0 Å². The Hall–Kier alpha value is -1.00. The lowest BCUT2D eigenvalue weighted by molar-refractivity contribution is -0.386. The van der Waals surface area contributed by atoms with E-state index in [0.717, 1.165) is 0 Å². The van der Waals surface area contributed by atoms with E-state index < -0.39 is 16.4 Å². The van der Waals surface area contributed by atoms with Gasteiger partial charge in [-0.2, -0.15) is 0 Å². The molecule has 0 aromatic heterocycles. The van der Waals surface area contributed by atoms with Gasteiger partial charge in [0.2, 0.25) is 5.75 Å². The lowest BCUT2D eigenvalue weighted by atomic mass is 10.1. The van der Waals surface area contributed by atoms with Crippen LogP contribution in [0.25, 0.3) is 0 Å². The summed E-state index contributed by atoms with van der Waals surface area (Å²) in [5.41, 5.74) is -0.122.